The molecular formula is C21H16ClN3O3. The van der Waals surface area contributed by atoms with Crippen LogP contribution in [0.15, 0.2) is 65.2 Å². The maximum atomic E-state index is 12.1. The number of pyridine rings is 1. The molecule has 0 atom stereocenters. The molecule has 6 nitrogen and oxygen atoms in total. The Morgan fingerprint density at radius 2 is 1.96 bits per heavy atom. The maximum Gasteiger partial charge on any atom is 0.262 e. The average molecular weight is 394 g/mol. The molecule has 0 radical (unpaired) electrons. The van der Waals surface area contributed by atoms with E-state index in [1.54, 1.807) is 18.2 Å². The first kappa shape index (κ1) is 18.0. The number of aryl methyl sites for hydroxylation is 1. The molecule has 0 aliphatic heterocycles. The van der Waals surface area contributed by atoms with E-state index in [-0.39, 0.29) is 12.5 Å². The van der Waals surface area contributed by atoms with Crippen LogP contribution in [0.4, 0.5) is 5.69 Å². The highest BCUT2D eigenvalue weighted by molar-refractivity contribution is 6.31. The number of oxazole rings is 1. The molecule has 0 bridgehead atoms. The molecule has 0 aliphatic carbocycles. The molecule has 0 spiro atoms. The summed E-state index contributed by atoms with van der Waals surface area (Å²) < 4.78 is 11.2. The number of nitrogens with one attached hydrogen (secondary N) is 1. The standard InChI is InChI=1S/C21H16ClN3O3/c1-13-4-2-3-5-18(13)27-12-19(26)24-16-8-6-14(7-9-16)20-25-17-10-15(22)11-23-21(17)28-20/h2-11H,12H2,1H3,(H,24,26). The van der Waals surface area contributed by atoms with E-state index in [9.17, 15) is 4.79 Å². The van der Waals surface area contributed by atoms with Crippen LogP contribution in [0.2, 0.25) is 5.02 Å². The Balaban J connectivity index is 1.41. The Morgan fingerprint density at radius 3 is 2.75 bits per heavy atom. The maximum absolute atomic E-state index is 12.1. The lowest BCUT2D eigenvalue weighted by Gasteiger charge is -2.09. The number of carbonyl (C=O) groups is 1. The molecule has 2 aromatic carbocycles. The number of hydrogen-bond acceptors (Lipinski definition) is 5. The molecule has 0 saturated carbocycles. The average Bonchev–Trinajstić information content (AvgIpc) is 3.11. The molecule has 1 amide bonds. The number of carbonyl (C=O) groups excluding carboxylic acids is 1. The van der Waals surface area contributed by atoms with Crippen LogP contribution >= 0.6 is 11.6 Å². The number of hydrogen-bond donors (Lipinski definition) is 1. The van der Waals surface area contributed by atoms with Crippen molar-refractivity contribution in [1.82, 2.24) is 9.97 Å². The first-order chi connectivity index (χ1) is 13.6. The predicted molar refractivity (Wildman–Crippen MR) is 108 cm³/mol. The van der Waals surface area contributed by atoms with Crippen molar-refractivity contribution >= 4 is 34.4 Å². The van der Waals surface area contributed by atoms with Crippen LogP contribution < -0.4 is 10.1 Å². The van der Waals surface area contributed by atoms with Gasteiger partial charge in [0.15, 0.2) is 6.61 Å². The number of para-hydroxylation sites is 1. The van der Waals surface area contributed by atoms with E-state index >= 15 is 0 Å². The summed E-state index contributed by atoms with van der Waals surface area (Å²) in [6, 6.07) is 16.4. The fraction of sp³-hybridized carbons (Fsp3) is 0.0952. The van der Waals surface area contributed by atoms with E-state index in [0.29, 0.717) is 33.6 Å². The van der Waals surface area contributed by atoms with Gasteiger partial charge in [-0.15, -0.1) is 0 Å². The van der Waals surface area contributed by atoms with Crippen molar-refractivity contribution in [1.29, 1.82) is 0 Å². The summed E-state index contributed by atoms with van der Waals surface area (Å²) in [5.41, 5.74) is 3.41. The zero-order valence-electron chi connectivity index (χ0n) is 15.0. The van der Waals surface area contributed by atoms with Gasteiger partial charge in [0.2, 0.25) is 11.6 Å². The van der Waals surface area contributed by atoms with E-state index in [0.717, 1.165) is 11.1 Å². The second-order valence-electron chi connectivity index (χ2n) is 6.18. The lowest BCUT2D eigenvalue weighted by atomic mass is 10.2. The summed E-state index contributed by atoms with van der Waals surface area (Å²) in [4.78, 5) is 20.6. The van der Waals surface area contributed by atoms with Crippen LogP contribution in [0, 0.1) is 6.92 Å². The second-order valence-corrected chi connectivity index (χ2v) is 6.61. The van der Waals surface area contributed by atoms with Crippen molar-refractivity contribution in [2.24, 2.45) is 0 Å². The third-order valence-corrected chi connectivity index (χ3v) is 4.29. The first-order valence-corrected chi connectivity index (χ1v) is 8.97. The summed E-state index contributed by atoms with van der Waals surface area (Å²) in [7, 11) is 0. The molecule has 0 fully saturated rings. The normalized spacial score (nSPS) is 10.8. The zero-order chi connectivity index (χ0) is 19.5. The fourth-order valence-electron chi connectivity index (χ4n) is 2.68. The highest BCUT2D eigenvalue weighted by atomic mass is 35.5. The number of ether oxygens (including phenoxy) is 1. The number of anilines is 1. The molecule has 1 N–H and O–H groups in total. The van der Waals surface area contributed by atoms with Crippen LogP contribution in [-0.2, 0) is 4.79 Å². The SMILES string of the molecule is Cc1ccccc1OCC(=O)Nc1ccc(-c2nc3cc(Cl)cnc3o2)cc1. The highest BCUT2D eigenvalue weighted by Gasteiger charge is 2.10. The van der Waals surface area contributed by atoms with Crippen LogP contribution in [0.3, 0.4) is 0 Å². The zero-order valence-corrected chi connectivity index (χ0v) is 15.7. The van der Waals surface area contributed by atoms with Gasteiger partial charge in [-0.25, -0.2) is 9.97 Å². The summed E-state index contributed by atoms with van der Waals surface area (Å²) in [5.74, 6) is 0.889. The number of aromatic nitrogens is 2. The Morgan fingerprint density at radius 1 is 1.18 bits per heavy atom. The Bertz CT molecular complexity index is 1140. The minimum atomic E-state index is -0.239. The van der Waals surface area contributed by atoms with E-state index in [2.05, 4.69) is 15.3 Å². The number of halogens is 1. The van der Waals surface area contributed by atoms with Gasteiger partial charge in [0.05, 0.1) is 5.02 Å². The van der Waals surface area contributed by atoms with Gasteiger partial charge in [0, 0.05) is 17.4 Å². The largest absolute Gasteiger partial charge is 0.483 e. The Kier molecular flexibility index (Phi) is 4.95. The van der Waals surface area contributed by atoms with E-state index in [1.807, 2.05) is 43.3 Å². The monoisotopic (exact) mass is 393 g/mol. The van der Waals surface area contributed by atoms with Gasteiger partial charge >= 0.3 is 0 Å². The molecule has 140 valence electrons. The lowest BCUT2D eigenvalue weighted by Crippen LogP contribution is -2.20. The fourth-order valence-corrected chi connectivity index (χ4v) is 2.83. The number of fused-ring (bicyclic) bond motifs is 1. The molecule has 0 unspecified atom stereocenters. The number of amides is 1. The lowest BCUT2D eigenvalue weighted by molar-refractivity contribution is -0.118. The van der Waals surface area contributed by atoms with Crippen molar-refractivity contribution in [3.05, 3.63) is 71.4 Å². The predicted octanol–water partition coefficient (Wildman–Crippen LogP) is 4.87. The molecular weight excluding hydrogens is 378 g/mol. The molecule has 2 heterocycles. The Hall–Kier alpha value is -3.38. The molecule has 2 aromatic heterocycles. The van der Waals surface area contributed by atoms with Crippen LogP contribution in [0.1, 0.15) is 5.56 Å². The summed E-state index contributed by atoms with van der Waals surface area (Å²) >= 11 is 5.92. The molecule has 7 heteroatoms. The van der Waals surface area contributed by atoms with E-state index < -0.39 is 0 Å². The second kappa shape index (κ2) is 7.70. The summed E-state index contributed by atoms with van der Waals surface area (Å²) in [6.45, 7) is 1.87. The molecule has 4 aromatic rings. The van der Waals surface area contributed by atoms with Crippen LogP contribution in [0.5, 0.6) is 5.75 Å². The third-order valence-electron chi connectivity index (χ3n) is 4.08. The minimum absolute atomic E-state index is 0.0653. The Labute approximate surface area is 166 Å². The van der Waals surface area contributed by atoms with Gasteiger partial charge < -0.3 is 14.5 Å². The van der Waals surface area contributed by atoms with Crippen molar-refractivity contribution in [2.75, 3.05) is 11.9 Å². The van der Waals surface area contributed by atoms with Gasteiger partial charge in [-0.05, 0) is 48.9 Å². The van der Waals surface area contributed by atoms with Gasteiger partial charge in [-0.2, -0.15) is 0 Å². The first-order valence-electron chi connectivity index (χ1n) is 8.59. The highest BCUT2D eigenvalue weighted by Crippen LogP contribution is 2.25. The number of rotatable bonds is 5. The quantitative estimate of drug-likeness (QED) is 0.523. The van der Waals surface area contributed by atoms with Gasteiger partial charge in [-0.1, -0.05) is 29.8 Å². The number of benzene rings is 2. The summed E-state index contributed by atoms with van der Waals surface area (Å²) in [5, 5.41) is 3.30. The molecule has 0 aliphatic rings. The van der Waals surface area contributed by atoms with Crippen molar-refractivity contribution in [3.8, 4) is 17.2 Å². The topological polar surface area (TPSA) is 77.2 Å². The third kappa shape index (κ3) is 3.97. The van der Waals surface area contributed by atoms with Gasteiger partial charge in [0.1, 0.15) is 11.3 Å². The molecule has 28 heavy (non-hydrogen) atoms. The van der Waals surface area contributed by atoms with Gasteiger partial charge in [-0.3, -0.25) is 4.79 Å². The van der Waals surface area contributed by atoms with Crippen LogP contribution in [0.25, 0.3) is 22.7 Å². The van der Waals surface area contributed by atoms with Crippen LogP contribution in [-0.4, -0.2) is 22.5 Å². The van der Waals surface area contributed by atoms with Crippen molar-refractivity contribution in [3.63, 3.8) is 0 Å². The van der Waals surface area contributed by atoms with Gasteiger partial charge in [0.25, 0.3) is 5.91 Å². The van der Waals surface area contributed by atoms with Crippen molar-refractivity contribution in [2.45, 2.75) is 6.92 Å². The smallest absolute Gasteiger partial charge is 0.262 e. The molecule has 0 saturated heterocycles. The van der Waals surface area contributed by atoms with E-state index in [4.69, 9.17) is 20.8 Å². The van der Waals surface area contributed by atoms with E-state index in [1.165, 1.54) is 6.20 Å². The van der Waals surface area contributed by atoms with Crippen molar-refractivity contribution < 1.29 is 13.9 Å². The summed E-state index contributed by atoms with van der Waals surface area (Å²) in [6.07, 6.45) is 1.51. The molecule has 4 rings (SSSR count). The minimum Gasteiger partial charge on any atom is -0.483 e. The number of nitrogens with zero attached hydrogens (tertiary/aromatic N) is 2.